The molecule has 0 radical (unpaired) electrons. The molecule has 0 aliphatic heterocycles. The van der Waals surface area contributed by atoms with E-state index < -0.39 is 0 Å². The van der Waals surface area contributed by atoms with Gasteiger partial charge in [0.1, 0.15) is 0 Å². The standard InChI is InChI=1S/C10H17N3O/c1-3-8(2)10(14)12-5-4-9-6-11-7-13-9/h6-8H,3-5H2,1-2H3,(H,11,13)(H,12,14). The van der Waals surface area contributed by atoms with Crippen LogP contribution in [-0.4, -0.2) is 22.4 Å². The highest BCUT2D eigenvalue weighted by atomic mass is 16.1. The Morgan fingerprint density at radius 3 is 3.07 bits per heavy atom. The van der Waals surface area contributed by atoms with E-state index in [0.717, 1.165) is 18.5 Å². The van der Waals surface area contributed by atoms with Crippen molar-refractivity contribution < 1.29 is 4.79 Å². The molecule has 1 aromatic rings. The lowest BCUT2D eigenvalue weighted by Gasteiger charge is -2.08. The van der Waals surface area contributed by atoms with Crippen LogP contribution in [0, 0.1) is 5.92 Å². The maximum Gasteiger partial charge on any atom is 0.222 e. The molecule has 1 heterocycles. The average Bonchev–Trinajstić information content (AvgIpc) is 2.69. The molecule has 1 atom stereocenters. The number of rotatable bonds is 5. The predicted octanol–water partition coefficient (Wildman–Crippen LogP) is 1.11. The lowest BCUT2D eigenvalue weighted by molar-refractivity contribution is -0.124. The summed E-state index contributed by atoms with van der Waals surface area (Å²) in [7, 11) is 0. The molecule has 1 aromatic heterocycles. The van der Waals surface area contributed by atoms with E-state index in [1.54, 1.807) is 6.33 Å². The first-order chi connectivity index (χ1) is 6.74. The van der Waals surface area contributed by atoms with Crippen LogP contribution in [-0.2, 0) is 11.2 Å². The molecule has 1 unspecified atom stereocenters. The fourth-order valence-electron chi connectivity index (χ4n) is 1.10. The number of aromatic nitrogens is 2. The van der Waals surface area contributed by atoms with Crippen LogP contribution in [0.2, 0.25) is 0 Å². The van der Waals surface area contributed by atoms with Gasteiger partial charge in [-0.2, -0.15) is 0 Å². The first-order valence-electron chi connectivity index (χ1n) is 4.99. The van der Waals surface area contributed by atoms with E-state index in [1.165, 1.54) is 0 Å². The van der Waals surface area contributed by atoms with Crippen LogP contribution in [0.5, 0.6) is 0 Å². The zero-order valence-corrected chi connectivity index (χ0v) is 8.71. The lowest BCUT2D eigenvalue weighted by Crippen LogP contribution is -2.30. The second-order valence-electron chi connectivity index (χ2n) is 3.41. The summed E-state index contributed by atoms with van der Waals surface area (Å²) in [6.45, 7) is 4.61. The van der Waals surface area contributed by atoms with E-state index in [4.69, 9.17) is 0 Å². The lowest BCUT2D eigenvalue weighted by atomic mass is 10.1. The summed E-state index contributed by atoms with van der Waals surface area (Å²) in [4.78, 5) is 18.3. The quantitative estimate of drug-likeness (QED) is 0.739. The highest BCUT2D eigenvalue weighted by Gasteiger charge is 2.08. The average molecular weight is 195 g/mol. The second kappa shape index (κ2) is 5.42. The van der Waals surface area contributed by atoms with Gasteiger partial charge in [-0.05, 0) is 6.42 Å². The van der Waals surface area contributed by atoms with Crippen LogP contribution in [0.3, 0.4) is 0 Å². The summed E-state index contributed by atoms with van der Waals surface area (Å²) in [5.41, 5.74) is 0.981. The third-order valence-corrected chi connectivity index (χ3v) is 2.30. The van der Waals surface area contributed by atoms with Gasteiger partial charge in [-0.3, -0.25) is 4.79 Å². The molecule has 14 heavy (non-hydrogen) atoms. The Hall–Kier alpha value is -1.32. The van der Waals surface area contributed by atoms with Crippen molar-refractivity contribution in [2.75, 3.05) is 6.54 Å². The van der Waals surface area contributed by atoms with Gasteiger partial charge in [0.2, 0.25) is 5.91 Å². The highest BCUT2D eigenvalue weighted by molar-refractivity contribution is 5.78. The number of nitrogens with one attached hydrogen (secondary N) is 2. The topological polar surface area (TPSA) is 57.8 Å². The van der Waals surface area contributed by atoms with Gasteiger partial charge in [-0.1, -0.05) is 13.8 Å². The molecular formula is C10H17N3O. The summed E-state index contributed by atoms with van der Waals surface area (Å²) in [5, 5.41) is 2.88. The maximum absolute atomic E-state index is 11.4. The Morgan fingerprint density at radius 2 is 2.50 bits per heavy atom. The molecular weight excluding hydrogens is 178 g/mol. The van der Waals surface area contributed by atoms with Crippen LogP contribution >= 0.6 is 0 Å². The number of carbonyl (C=O) groups is 1. The van der Waals surface area contributed by atoms with Crippen LogP contribution in [0.25, 0.3) is 0 Å². The van der Waals surface area contributed by atoms with E-state index in [-0.39, 0.29) is 11.8 Å². The monoisotopic (exact) mass is 195 g/mol. The van der Waals surface area contributed by atoms with Gasteiger partial charge in [-0.25, -0.2) is 4.98 Å². The predicted molar refractivity (Wildman–Crippen MR) is 54.8 cm³/mol. The van der Waals surface area contributed by atoms with Crippen molar-refractivity contribution in [2.24, 2.45) is 5.92 Å². The number of imidazole rings is 1. The van der Waals surface area contributed by atoms with Gasteiger partial charge in [-0.15, -0.1) is 0 Å². The molecule has 1 amide bonds. The Kier molecular flexibility index (Phi) is 4.16. The van der Waals surface area contributed by atoms with Gasteiger partial charge in [0.25, 0.3) is 0 Å². The van der Waals surface area contributed by atoms with Crippen LogP contribution < -0.4 is 5.32 Å². The number of carbonyl (C=O) groups excluding carboxylic acids is 1. The molecule has 0 saturated carbocycles. The van der Waals surface area contributed by atoms with Crippen molar-refractivity contribution in [1.29, 1.82) is 0 Å². The highest BCUT2D eigenvalue weighted by Crippen LogP contribution is 1.99. The van der Waals surface area contributed by atoms with Crippen LogP contribution in [0.15, 0.2) is 12.5 Å². The zero-order valence-electron chi connectivity index (χ0n) is 8.71. The minimum absolute atomic E-state index is 0.106. The van der Waals surface area contributed by atoms with Crippen LogP contribution in [0.1, 0.15) is 26.0 Å². The normalized spacial score (nSPS) is 12.4. The number of hydrogen-bond donors (Lipinski definition) is 2. The van der Waals surface area contributed by atoms with E-state index in [9.17, 15) is 4.79 Å². The van der Waals surface area contributed by atoms with Crippen molar-refractivity contribution in [2.45, 2.75) is 26.7 Å². The van der Waals surface area contributed by atoms with Gasteiger partial charge >= 0.3 is 0 Å². The molecule has 2 N–H and O–H groups in total. The first kappa shape index (κ1) is 10.8. The number of nitrogens with zero attached hydrogens (tertiary/aromatic N) is 1. The number of hydrogen-bond acceptors (Lipinski definition) is 2. The molecule has 0 aromatic carbocycles. The first-order valence-corrected chi connectivity index (χ1v) is 4.99. The summed E-state index contributed by atoms with van der Waals surface area (Å²) in [6.07, 6.45) is 5.15. The van der Waals surface area contributed by atoms with E-state index in [1.807, 2.05) is 20.0 Å². The fourth-order valence-corrected chi connectivity index (χ4v) is 1.10. The summed E-state index contributed by atoms with van der Waals surface area (Å²) >= 11 is 0. The molecule has 0 aliphatic rings. The smallest absolute Gasteiger partial charge is 0.222 e. The second-order valence-corrected chi connectivity index (χ2v) is 3.41. The molecule has 0 spiro atoms. The largest absolute Gasteiger partial charge is 0.355 e. The summed E-state index contributed by atoms with van der Waals surface area (Å²) in [5.74, 6) is 0.234. The van der Waals surface area contributed by atoms with E-state index >= 15 is 0 Å². The van der Waals surface area contributed by atoms with Crippen molar-refractivity contribution in [3.8, 4) is 0 Å². The van der Waals surface area contributed by atoms with Gasteiger partial charge in [0.15, 0.2) is 0 Å². The molecule has 0 bridgehead atoms. The van der Waals surface area contributed by atoms with Crippen molar-refractivity contribution in [3.63, 3.8) is 0 Å². The van der Waals surface area contributed by atoms with Crippen molar-refractivity contribution in [1.82, 2.24) is 15.3 Å². The Morgan fingerprint density at radius 1 is 1.71 bits per heavy atom. The minimum atomic E-state index is 0.106. The van der Waals surface area contributed by atoms with E-state index in [2.05, 4.69) is 15.3 Å². The van der Waals surface area contributed by atoms with Gasteiger partial charge < -0.3 is 10.3 Å². The zero-order chi connectivity index (χ0) is 10.4. The van der Waals surface area contributed by atoms with Crippen molar-refractivity contribution >= 4 is 5.91 Å². The molecule has 0 aliphatic carbocycles. The third-order valence-electron chi connectivity index (χ3n) is 2.30. The molecule has 78 valence electrons. The summed E-state index contributed by atoms with van der Waals surface area (Å²) in [6, 6.07) is 0. The molecule has 4 heteroatoms. The van der Waals surface area contributed by atoms with Gasteiger partial charge in [0.05, 0.1) is 12.0 Å². The number of H-pyrrole nitrogens is 1. The molecule has 0 saturated heterocycles. The Balaban J connectivity index is 2.18. The number of amides is 1. The Bertz CT molecular complexity index is 269. The summed E-state index contributed by atoms with van der Waals surface area (Å²) < 4.78 is 0. The fraction of sp³-hybridized carbons (Fsp3) is 0.600. The molecule has 0 fully saturated rings. The maximum atomic E-state index is 11.4. The van der Waals surface area contributed by atoms with Gasteiger partial charge in [0, 0.05) is 25.1 Å². The SMILES string of the molecule is CCC(C)C(=O)NCCc1c[nH]cn1. The Labute approximate surface area is 84.1 Å². The third kappa shape index (κ3) is 3.20. The molecule has 1 rings (SSSR count). The van der Waals surface area contributed by atoms with E-state index in [0.29, 0.717) is 6.54 Å². The van der Waals surface area contributed by atoms with Crippen LogP contribution in [0.4, 0.5) is 0 Å². The number of aromatic amines is 1. The van der Waals surface area contributed by atoms with Crippen molar-refractivity contribution in [3.05, 3.63) is 18.2 Å². The minimum Gasteiger partial charge on any atom is -0.355 e. The molecule has 4 nitrogen and oxygen atoms in total.